The van der Waals surface area contributed by atoms with Crippen LogP contribution >= 0.6 is 15.9 Å². The molecular weight excluding hydrogens is 321 g/mol. The number of likely N-dealkylation sites (N-methyl/N-ethyl adjacent to an activating group) is 1. The number of hydrogen-bond donors (Lipinski definition) is 0. The van der Waals surface area contributed by atoms with Gasteiger partial charge in [-0.05, 0) is 60.1 Å². The molecule has 0 fully saturated rings. The van der Waals surface area contributed by atoms with E-state index in [-0.39, 0.29) is 11.6 Å². The molecule has 4 heteroatoms. The standard InChI is InChI=1S/C16H23BrFNO/c1-5-16(4,19(6-2)7-3)15(20)11-12-8-9-14(18)13(17)10-12/h8-10H,5-7,11H2,1-4H3. The Morgan fingerprint density at radius 3 is 2.35 bits per heavy atom. The van der Waals surface area contributed by atoms with Crippen molar-refractivity contribution in [2.45, 2.75) is 46.1 Å². The van der Waals surface area contributed by atoms with E-state index in [4.69, 9.17) is 0 Å². The first kappa shape index (κ1) is 17.3. The molecule has 0 heterocycles. The van der Waals surface area contributed by atoms with Crippen molar-refractivity contribution < 1.29 is 9.18 Å². The van der Waals surface area contributed by atoms with Gasteiger partial charge >= 0.3 is 0 Å². The maximum atomic E-state index is 13.2. The maximum absolute atomic E-state index is 13.2. The number of ketones is 1. The number of nitrogens with zero attached hydrogens (tertiary/aromatic N) is 1. The van der Waals surface area contributed by atoms with Crippen LogP contribution in [0.3, 0.4) is 0 Å². The summed E-state index contributed by atoms with van der Waals surface area (Å²) in [7, 11) is 0. The highest BCUT2D eigenvalue weighted by atomic mass is 79.9. The molecule has 0 aliphatic rings. The predicted molar refractivity (Wildman–Crippen MR) is 84.4 cm³/mol. The van der Waals surface area contributed by atoms with Crippen molar-refractivity contribution >= 4 is 21.7 Å². The largest absolute Gasteiger partial charge is 0.297 e. The molecule has 0 aliphatic carbocycles. The van der Waals surface area contributed by atoms with Gasteiger partial charge in [-0.25, -0.2) is 4.39 Å². The lowest BCUT2D eigenvalue weighted by Gasteiger charge is -2.38. The van der Waals surface area contributed by atoms with Gasteiger partial charge in [0.2, 0.25) is 0 Å². The Hall–Kier alpha value is -0.740. The lowest BCUT2D eigenvalue weighted by Crippen LogP contribution is -2.52. The Labute approximate surface area is 129 Å². The van der Waals surface area contributed by atoms with Gasteiger partial charge in [0, 0.05) is 6.42 Å². The Bertz CT molecular complexity index is 474. The lowest BCUT2D eigenvalue weighted by atomic mass is 9.87. The van der Waals surface area contributed by atoms with Crippen LogP contribution in [0.2, 0.25) is 0 Å². The third-order valence-corrected chi connectivity index (χ3v) is 4.71. The van der Waals surface area contributed by atoms with Crippen molar-refractivity contribution in [2.24, 2.45) is 0 Å². The van der Waals surface area contributed by atoms with E-state index >= 15 is 0 Å². The van der Waals surface area contributed by atoms with Gasteiger partial charge in [0.1, 0.15) is 5.82 Å². The summed E-state index contributed by atoms with van der Waals surface area (Å²) in [5, 5.41) is 0. The number of Topliss-reactive ketones (excluding diaryl/α,β-unsaturated/α-hetero) is 1. The third kappa shape index (κ3) is 3.67. The van der Waals surface area contributed by atoms with Gasteiger partial charge in [-0.1, -0.05) is 26.8 Å². The van der Waals surface area contributed by atoms with Crippen LogP contribution in [0.5, 0.6) is 0 Å². The molecule has 0 N–H and O–H groups in total. The Kier molecular flexibility index (Phi) is 6.34. The number of rotatable bonds is 7. The Morgan fingerprint density at radius 2 is 1.90 bits per heavy atom. The molecule has 0 bridgehead atoms. The minimum absolute atomic E-state index is 0.183. The maximum Gasteiger partial charge on any atom is 0.157 e. The molecule has 0 amide bonds. The van der Waals surface area contributed by atoms with Crippen LogP contribution in [0.25, 0.3) is 0 Å². The van der Waals surface area contributed by atoms with Crippen LogP contribution in [-0.2, 0) is 11.2 Å². The first-order valence-corrected chi connectivity index (χ1v) is 7.90. The van der Waals surface area contributed by atoms with E-state index in [2.05, 4.69) is 34.7 Å². The van der Waals surface area contributed by atoms with E-state index in [1.807, 2.05) is 13.8 Å². The fraction of sp³-hybridized carbons (Fsp3) is 0.562. The Balaban J connectivity index is 2.94. The predicted octanol–water partition coefficient (Wildman–Crippen LogP) is 4.21. The van der Waals surface area contributed by atoms with Gasteiger partial charge in [0.15, 0.2) is 5.78 Å². The number of benzene rings is 1. The summed E-state index contributed by atoms with van der Waals surface area (Å²) in [4.78, 5) is 14.9. The molecule has 2 nitrogen and oxygen atoms in total. The summed E-state index contributed by atoms with van der Waals surface area (Å²) >= 11 is 3.16. The van der Waals surface area contributed by atoms with Crippen molar-refractivity contribution in [1.82, 2.24) is 4.90 Å². The van der Waals surface area contributed by atoms with E-state index in [0.29, 0.717) is 10.9 Å². The summed E-state index contributed by atoms with van der Waals surface area (Å²) < 4.78 is 13.6. The second-order valence-corrected chi connectivity index (χ2v) is 6.00. The first-order valence-electron chi connectivity index (χ1n) is 7.11. The average Bonchev–Trinajstić information content (AvgIpc) is 2.43. The molecule has 20 heavy (non-hydrogen) atoms. The number of carbonyl (C=O) groups excluding carboxylic acids is 1. The van der Waals surface area contributed by atoms with E-state index in [9.17, 15) is 9.18 Å². The van der Waals surface area contributed by atoms with Gasteiger partial charge in [-0.3, -0.25) is 9.69 Å². The third-order valence-electron chi connectivity index (χ3n) is 4.10. The number of hydrogen-bond acceptors (Lipinski definition) is 2. The highest BCUT2D eigenvalue weighted by molar-refractivity contribution is 9.10. The zero-order valence-electron chi connectivity index (χ0n) is 12.7. The quantitative estimate of drug-likeness (QED) is 0.739. The molecule has 0 saturated heterocycles. The van der Waals surface area contributed by atoms with Crippen molar-refractivity contribution in [1.29, 1.82) is 0 Å². The Morgan fingerprint density at radius 1 is 1.30 bits per heavy atom. The second kappa shape index (κ2) is 7.32. The summed E-state index contributed by atoms with van der Waals surface area (Å²) in [6, 6.07) is 4.76. The molecule has 0 aliphatic heterocycles. The van der Waals surface area contributed by atoms with Gasteiger partial charge in [-0.2, -0.15) is 0 Å². The number of carbonyl (C=O) groups is 1. The molecule has 1 aromatic rings. The van der Waals surface area contributed by atoms with E-state index in [1.165, 1.54) is 6.07 Å². The molecule has 1 rings (SSSR count). The molecule has 0 saturated carbocycles. The van der Waals surface area contributed by atoms with Crippen molar-refractivity contribution in [3.05, 3.63) is 34.1 Å². The van der Waals surface area contributed by atoms with Crippen LogP contribution in [0.4, 0.5) is 4.39 Å². The highest BCUT2D eigenvalue weighted by Crippen LogP contribution is 2.24. The topological polar surface area (TPSA) is 20.3 Å². The van der Waals surface area contributed by atoms with Crippen LogP contribution in [-0.4, -0.2) is 29.3 Å². The van der Waals surface area contributed by atoms with Crippen molar-refractivity contribution in [3.8, 4) is 0 Å². The van der Waals surface area contributed by atoms with Gasteiger partial charge in [-0.15, -0.1) is 0 Å². The van der Waals surface area contributed by atoms with Gasteiger partial charge in [0.05, 0.1) is 10.0 Å². The molecule has 0 aromatic heterocycles. The first-order chi connectivity index (χ1) is 9.38. The summed E-state index contributed by atoms with van der Waals surface area (Å²) in [6.07, 6.45) is 1.11. The zero-order chi connectivity index (χ0) is 15.3. The molecule has 1 aromatic carbocycles. The molecule has 1 atom stereocenters. The van der Waals surface area contributed by atoms with Crippen molar-refractivity contribution in [3.63, 3.8) is 0 Å². The summed E-state index contributed by atoms with van der Waals surface area (Å²) in [6.45, 7) is 9.87. The van der Waals surface area contributed by atoms with Crippen LogP contribution in [0.1, 0.15) is 39.7 Å². The number of halogens is 2. The molecule has 1 unspecified atom stereocenters. The van der Waals surface area contributed by atoms with Gasteiger partial charge < -0.3 is 0 Å². The van der Waals surface area contributed by atoms with Crippen LogP contribution < -0.4 is 0 Å². The highest BCUT2D eigenvalue weighted by Gasteiger charge is 2.35. The minimum atomic E-state index is -0.454. The zero-order valence-corrected chi connectivity index (χ0v) is 14.3. The fourth-order valence-electron chi connectivity index (χ4n) is 2.54. The second-order valence-electron chi connectivity index (χ2n) is 5.15. The van der Waals surface area contributed by atoms with E-state index in [0.717, 1.165) is 25.1 Å². The normalized spacial score (nSPS) is 14.3. The summed E-state index contributed by atoms with van der Waals surface area (Å²) in [5.74, 6) is -0.120. The summed E-state index contributed by atoms with van der Waals surface area (Å²) in [5.41, 5.74) is 0.389. The van der Waals surface area contributed by atoms with Gasteiger partial charge in [0.25, 0.3) is 0 Å². The fourth-order valence-corrected chi connectivity index (χ4v) is 2.97. The monoisotopic (exact) mass is 343 g/mol. The SMILES string of the molecule is CCN(CC)C(C)(CC)C(=O)Cc1ccc(F)c(Br)c1. The molecule has 112 valence electrons. The molecular formula is C16H23BrFNO. The van der Waals surface area contributed by atoms with Crippen LogP contribution in [0, 0.1) is 5.82 Å². The lowest BCUT2D eigenvalue weighted by molar-refractivity contribution is -0.129. The smallest absolute Gasteiger partial charge is 0.157 e. The molecule has 0 radical (unpaired) electrons. The van der Waals surface area contributed by atoms with Crippen LogP contribution in [0.15, 0.2) is 22.7 Å². The molecule has 0 spiro atoms. The van der Waals surface area contributed by atoms with E-state index in [1.54, 1.807) is 12.1 Å². The average molecular weight is 344 g/mol. The van der Waals surface area contributed by atoms with Crippen molar-refractivity contribution in [2.75, 3.05) is 13.1 Å². The minimum Gasteiger partial charge on any atom is -0.297 e. The van der Waals surface area contributed by atoms with E-state index < -0.39 is 5.54 Å².